The highest BCUT2D eigenvalue weighted by Gasteiger charge is 2.36. The Hall–Kier alpha value is -3.39. The second-order valence-electron chi connectivity index (χ2n) is 8.33. The first-order valence-electron chi connectivity index (χ1n) is 10.9. The first-order chi connectivity index (χ1) is 17.8. The molecule has 38 heavy (non-hydrogen) atoms. The number of anilines is 1. The summed E-state index contributed by atoms with van der Waals surface area (Å²) in [6.07, 6.45) is -5.26. The molecule has 202 valence electrons. The Balaban J connectivity index is 1.91. The lowest BCUT2D eigenvalue weighted by Crippen LogP contribution is -2.34. The van der Waals surface area contributed by atoms with Crippen LogP contribution in [0.15, 0.2) is 62.8 Å². The van der Waals surface area contributed by atoms with Gasteiger partial charge >= 0.3 is 11.9 Å². The molecule has 0 saturated heterocycles. The van der Waals surface area contributed by atoms with E-state index in [-0.39, 0.29) is 33.1 Å². The van der Waals surface area contributed by atoms with Crippen LogP contribution in [-0.2, 0) is 28.0 Å². The van der Waals surface area contributed by atoms with Crippen molar-refractivity contribution in [1.29, 1.82) is 0 Å². The van der Waals surface area contributed by atoms with Gasteiger partial charge in [-0.15, -0.1) is 0 Å². The Morgan fingerprint density at radius 2 is 1.95 bits per heavy atom. The first kappa shape index (κ1) is 27.6. The average Bonchev–Trinajstić information content (AvgIpc) is 3.14. The number of oxazole rings is 1. The van der Waals surface area contributed by atoms with Gasteiger partial charge in [-0.2, -0.15) is 13.2 Å². The molecule has 4 rings (SSSR count). The largest absolute Gasteiger partial charge is 0.419 e. The van der Waals surface area contributed by atoms with E-state index in [1.54, 1.807) is 12.1 Å². The molecule has 0 bridgehead atoms. The van der Waals surface area contributed by atoms with Crippen molar-refractivity contribution in [2.24, 2.45) is 7.05 Å². The van der Waals surface area contributed by atoms with E-state index >= 15 is 0 Å². The van der Waals surface area contributed by atoms with Crippen molar-refractivity contribution in [2.45, 2.75) is 24.1 Å². The minimum absolute atomic E-state index is 0.0170. The summed E-state index contributed by atoms with van der Waals surface area (Å²) in [6.45, 7) is 0.563. The van der Waals surface area contributed by atoms with Crippen LogP contribution in [0.5, 0.6) is 0 Å². The zero-order valence-electron chi connectivity index (χ0n) is 20.2. The minimum atomic E-state index is -4.79. The standard InChI is InChI=1S/C24H21ClF3N3O6S/c1-13-7-8-15(10-17(13)24(26,27)28)38(34,35)31(12-36-3)19-9-14(25)11-29-20(19)21(32)16-5-4-6-18-22(16)37-23(33)30(18)2/h4-11,21,32H,12H2,1-3H3. The van der Waals surface area contributed by atoms with Gasteiger partial charge in [-0.1, -0.05) is 29.8 Å². The van der Waals surface area contributed by atoms with Crippen molar-refractivity contribution >= 4 is 38.4 Å². The zero-order chi connectivity index (χ0) is 28.0. The third-order valence-electron chi connectivity index (χ3n) is 5.88. The van der Waals surface area contributed by atoms with Crippen LogP contribution in [0, 0.1) is 6.92 Å². The molecule has 0 aliphatic heterocycles. The van der Waals surface area contributed by atoms with Crippen LogP contribution in [0.1, 0.15) is 28.5 Å². The van der Waals surface area contributed by atoms with E-state index in [1.807, 2.05) is 0 Å². The number of halogens is 4. The highest BCUT2D eigenvalue weighted by Crippen LogP contribution is 2.38. The fraction of sp³-hybridized carbons (Fsp3) is 0.250. The maximum atomic E-state index is 13.7. The molecule has 0 spiro atoms. The number of aromatic nitrogens is 2. The van der Waals surface area contributed by atoms with E-state index in [0.717, 1.165) is 18.3 Å². The second-order valence-corrected chi connectivity index (χ2v) is 10.6. The molecule has 4 aromatic rings. The van der Waals surface area contributed by atoms with Crippen molar-refractivity contribution in [3.8, 4) is 0 Å². The molecule has 0 amide bonds. The van der Waals surface area contributed by atoms with Crippen LogP contribution in [0.4, 0.5) is 18.9 Å². The highest BCUT2D eigenvalue weighted by atomic mass is 35.5. The van der Waals surface area contributed by atoms with Crippen molar-refractivity contribution in [3.63, 3.8) is 0 Å². The van der Waals surface area contributed by atoms with E-state index in [2.05, 4.69) is 4.98 Å². The highest BCUT2D eigenvalue weighted by molar-refractivity contribution is 7.92. The van der Waals surface area contributed by atoms with E-state index in [4.69, 9.17) is 20.8 Å². The molecule has 2 aromatic carbocycles. The number of nitrogens with zero attached hydrogens (tertiary/aromatic N) is 3. The number of methoxy groups -OCH3 is 1. The van der Waals surface area contributed by atoms with Crippen LogP contribution in [-0.4, -0.2) is 36.9 Å². The van der Waals surface area contributed by atoms with Crippen molar-refractivity contribution in [3.05, 3.63) is 86.6 Å². The van der Waals surface area contributed by atoms with Gasteiger partial charge in [-0.3, -0.25) is 9.55 Å². The molecule has 14 heteroatoms. The number of para-hydroxylation sites is 1. The number of sulfonamides is 1. The van der Waals surface area contributed by atoms with Gasteiger partial charge in [-0.05, 0) is 36.8 Å². The van der Waals surface area contributed by atoms with Gasteiger partial charge in [0.05, 0.1) is 32.4 Å². The van der Waals surface area contributed by atoms with Crippen LogP contribution < -0.4 is 10.1 Å². The topological polar surface area (TPSA) is 115 Å². The van der Waals surface area contributed by atoms with Gasteiger partial charge in [-0.25, -0.2) is 17.5 Å². The van der Waals surface area contributed by atoms with Crippen molar-refractivity contribution in [2.75, 3.05) is 18.1 Å². The number of ether oxygens (including phenoxy) is 1. The number of fused-ring (bicyclic) bond motifs is 1. The quantitative estimate of drug-likeness (QED) is 0.327. The zero-order valence-corrected chi connectivity index (χ0v) is 21.7. The molecule has 1 unspecified atom stereocenters. The minimum Gasteiger partial charge on any atom is -0.407 e. The number of hydrogen-bond acceptors (Lipinski definition) is 7. The molecule has 2 heterocycles. The third-order valence-corrected chi connectivity index (χ3v) is 7.82. The summed E-state index contributed by atoms with van der Waals surface area (Å²) >= 11 is 6.11. The summed E-state index contributed by atoms with van der Waals surface area (Å²) in [7, 11) is -2.04. The number of benzene rings is 2. The molecule has 0 aliphatic rings. The normalized spacial score (nSPS) is 13.2. The number of rotatable bonds is 7. The number of hydrogen-bond donors (Lipinski definition) is 1. The predicted octanol–water partition coefficient (Wildman–Crippen LogP) is 4.39. The summed E-state index contributed by atoms with van der Waals surface area (Å²) in [4.78, 5) is 15.5. The molecule has 0 saturated carbocycles. The lowest BCUT2D eigenvalue weighted by Gasteiger charge is -2.27. The van der Waals surface area contributed by atoms with Crippen LogP contribution in [0.2, 0.25) is 5.02 Å². The van der Waals surface area contributed by atoms with E-state index in [0.29, 0.717) is 15.9 Å². The molecule has 9 nitrogen and oxygen atoms in total. The average molecular weight is 572 g/mol. The van der Waals surface area contributed by atoms with Gasteiger partial charge in [0.1, 0.15) is 12.8 Å². The van der Waals surface area contributed by atoms with Crippen molar-refractivity contribution < 1.29 is 35.8 Å². The molecule has 0 radical (unpaired) electrons. The van der Waals surface area contributed by atoms with E-state index in [1.165, 1.54) is 37.8 Å². The van der Waals surface area contributed by atoms with Gasteiger partial charge < -0.3 is 14.3 Å². The van der Waals surface area contributed by atoms with E-state index < -0.39 is 45.2 Å². The predicted molar refractivity (Wildman–Crippen MR) is 132 cm³/mol. The van der Waals surface area contributed by atoms with Gasteiger partial charge in [0.25, 0.3) is 10.0 Å². The first-order valence-corrected chi connectivity index (χ1v) is 12.7. The molecule has 1 N–H and O–H groups in total. The van der Waals surface area contributed by atoms with Gasteiger partial charge in [0.15, 0.2) is 5.58 Å². The van der Waals surface area contributed by atoms with Crippen LogP contribution in [0.3, 0.4) is 0 Å². The fourth-order valence-corrected chi connectivity index (χ4v) is 5.53. The molecular formula is C24H21ClF3N3O6S. The van der Waals surface area contributed by atoms with Gasteiger partial charge in [0.2, 0.25) is 0 Å². The number of aliphatic hydroxyl groups is 1. The van der Waals surface area contributed by atoms with Gasteiger partial charge in [0, 0.05) is 25.9 Å². The Morgan fingerprint density at radius 1 is 1.24 bits per heavy atom. The van der Waals surface area contributed by atoms with Crippen molar-refractivity contribution in [1.82, 2.24) is 9.55 Å². The second kappa shape index (κ2) is 10.1. The Labute approximate surface area is 219 Å². The summed E-state index contributed by atoms with van der Waals surface area (Å²) in [6, 6.07) is 8.40. The fourth-order valence-electron chi connectivity index (χ4n) is 3.96. The summed E-state index contributed by atoms with van der Waals surface area (Å²) in [5.41, 5.74) is -1.25. The number of alkyl halides is 3. The Morgan fingerprint density at radius 3 is 2.61 bits per heavy atom. The third kappa shape index (κ3) is 4.89. The molecule has 1 atom stereocenters. The Bertz CT molecular complexity index is 1680. The molecule has 0 fully saturated rings. The smallest absolute Gasteiger partial charge is 0.407 e. The number of aliphatic hydroxyl groups excluding tert-OH is 1. The molecule has 0 aliphatic carbocycles. The maximum Gasteiger partial charge on any atom is 0.419 e. The van der Waals surface area contributed by atoms with Crippen LogP contribution in [0.25, 0.3) is 11.1 Å². The lowest BCUT2D eigenvalue weighted by atomic mass is 10.0. The number of pyridine rings is 1. The van der Waals surface area contributed by atoms with Crippen LogP contribution >= 0.6 is 11.6 Å². The summed E-state index contributed by atoms with van der Waals surface area (Å²) in [5.74, 6) is -0.688. The summed E-state index contributed by atoms with van der Waals surface area (Å²) < 4.78 is 80.1. The van der Waals surface area contributed by atoms with E-state index in [9.17, 15) is 31.5 Å². The maximum absolute atomic E-state index is 13.7. The lowest BCUT2D eigenvalue weighted by molar-refractivity contribution is -0.138. The number of aryl methyl sites for hydroxylation is 2. The molecular weight excluding hydrogens is 551 g/mol. The SMILES string of the molecule is COCN(c1cc(Cl)cnc1C(O)c1cccc2c1oc(=O)n2C)S(=O)(=O)c1ccc(C)c(C(F)(F)F)c1. The monoisotopic (exact) mass is 571 g/mol. The molecule has 2 aromatic heterocycles. The Kier molecular flexibility index (Phi) is 7.32. The summed E-state index contributed by atoms with van der Waals surface area (Å²) in [5, 5.41) is 11.3.